The molecule has 1 aliphatic heterocycles. The zero-order valence-electron chi connectivity index (χ0n) is 10.3. The van der Waals surface area contributed by atoms with Crippen LogP contribution in [0, 0.1) is 0 Å². The van der Waals surface area contributed by atoms with Crippen LogP contribution in [0.4, 0.5) is 0 Å². The Morgan fingerprint density at radius 1 is 1.27 bits per heavy atom. The summed E-state index contributed by atoms with van der Waals surface area (Å²) in [4.78, 5) is 0. The molecule has 4 heteroatoms. The molecule has 0 aromatic heterocycles. The minimum absolute atomic E-state index is 0.284. The SMILES string of the molecule is CC1(C)CC(NCCN)CC(C)(C)N1[O]. The van der Waals surface area contributed by atoms with Crippen LogP contribution >= 0.6 is 0 Å². The quantitative estimate of drug-likeness (QED) is 0.734. The molecular weight excluding hydrogens is 190 g/mol. The summed E-state index contributed by atoms with van der Waals surface area (Å²) in [6, 6.07) is 0.406. The average molecular weight is 214 g/mol. The maximum Gasteiger partial charge on any atom is 0.0458 e. The number of hydrogen-bond donors (Lipinski definition) is 2. The maximum atomic E-state index is 12.1. The summed E-state index contributed by atoms with van der Waals surface area (Å²) >= 11 is 0. The highest BCUT2D eigenvalue weighted by atomic mass is 16.5. The standard InChI is InChI=1S/C11H24N3O/c1-10(2)7-9(13-6-5-12)8-11(3,4)14(10)15/h9,13H,5-8,12H2,1-4H3. The zero-order valence-corrected chi connectivity index (χ0v) is 10.3. The molecule has 3 N–H and O–H groups in total. The Hall–Kier alpha value is -0.160. The first kappa shape index (κ1) is 12.9. The number of hydrogen-bond acceptors (Lipinski definition) is 3. The molecule has 0 saturated carbocycles. The molecule has 0 atom stereocenters. The molecule has 1 saturated heterocycles. The maximum absolute atomic E-state index is 12.1. The third-order valence-corrected chi connectivity index (χ3v) is 3.17. The second-order valence-electron chi connectivity index (χ2n) is 5.77. The fraction of sp³-hybridized carbons (Fsp3) is 1.00. The van der Waals surface area contributed by atoms with Gasteiger partial charge in [-0.05, 0) is 40.5 Å². The number of nitrogens with two attached hydrogens (primary N) is 1. The van der Waals surface area contributed by atoms with E-state index in [9.17, 15) is 5.21 Å². The minimum Gasteiger partial charge on any atom is -0.329 e. The molecule has 0 aromatic carbocycles. The molecule has 1 heterocycles. The van der Waals surface area contributed by atoms with Gasteiger partial charge in [-0.15, -0.1) is 10.3 Å². The third kappa shape index (κ3) is 2.91. The van der Waals surface area contributed by atoms with Crippen LogP contribution in [0.1, 0.15) is 40.5 Å². The van der Waals surface area contributed by atoms with E-state index >= 15 is 0 Å². The fourth-order valence-electron chi connectivity index (χ4n) is 2.70. The van der Waals surface area contributed by atoms with Crippen molar-refractivity contribution in [1.82, 2.24) is 10.4 Å². The Labute approximate surface area is 92.8 Å². The lowest BCUT2D eigenvalue weighted by Gasteiger charge is -2.50. The lowest BCUT2D eigenvalue weighted by atomic mass is 9.79. The normalized spacial score (nSPS) is 26.8. The number of hydroxylamine groups is 2. The smallest absolute Gasteiger partial charge is 0.0458 e. The van der Waals surface area contributed by atoms with E-state index in [1.165, 1.54) is 5.06 Å². The average Bonchev–Trinajstić information content (AvgIpc) is 2.10. The van der Waals surface area contributed by atoms with Crippen molar-refractivity contribution < 1.29 is 5.21 Å². The number of rotatable bonds is 3. The van der Waals surface area contributed by atoms with Crippen molar-refractivity contribution in [1.29, 1.82) is 0 Å². The van der Waals surface area contributed by atoms with Gasteiger partial charge in [0.1, 0.15) is 0 Å². The van der Waals surface area contributed by atoms with Gasteiger partial charge in [0.2, 0.25) is 0 Å². The lowest BCUT2D eigenvalue weighted by molar-refractivity contribution is -0.290. The van der Waals surface area contributed by atoms with Crippen LogP contribution in [0.2, 0.25) is 0 Å². The van der Waals surface area contributed by atoms with E-state index < -0.39 is 0 Å². The van der Waals surface area contributed by atoms with Gasteiger partial charge in [0, 0.05) is 30.2 Å². The molecule has 1 aliphatic rings. The minimum atomic E-state index is -0.284. The van der Waals surface area contributed by atoms with E-state index in [1.54, 1.807) is 0 Å². The van der Waals surface area contributed by atoms with Crippen molar-refractivity contribution in [2.75, 3.05) is 13.1 Å². The lowest BCUT2D eigenvalue weighted by Crippen LogP contribution is -2.62. The van der Waals surface area contributed by atoms with Gasteiger partial charge in [0.15, 0.2) is 0 Å². The van der Waals surface area contributed by atoms with Crippen LogP contribution in [0.3, 0.4) is 0 Å². The molecule has 0 amide bonds. The molecule has 0 aliphatic carbocycles. The highest BCUT2D eigenvalue weighted by Gasteiger charge is 2.45. The Kier molecular flexibility index (Phi) is 3.76. The third-order valence-electron chi connectivity index (χ3n) is 3.17. The van der Waals surface area contributed by atoms with Gasteiger partial charge in [-0.2, -0.15) is 0 Å². The van der Waals surface area contributed by atoms with Crippen molar-refractivity contribution in [2.45, 2.75) is 57.7 Å². The summed E-state index contributed by atoms with van der Waals surface area (Å²) in [5.74, 6) is 0. The Morgan fingerprint density at radius 2 is 1.73 bits per heavy atom. The van der Waals surface area contributed by atoms with Gasteiger partial charge >= 0.3 is 0 Å². The van der Waals surface area contributed by atoms with Crippen LogP contribution in [-0.2, 0) is 5.21 Å². The van der Waals surface area contributed by atoms with E-state index in [0.717, 1.165) is 19.4 Å². The van der Waals surface area contributed by atoms with E-state index in [1.807, 2.05) is 27.7 Å². The summed E-state index contributed by atoms with van der Waals surface area (Å²) in [5.41, 5.74) is 4.91. The van der Waals surface area contributed by atoms with Crippen LogP contribution in [0.5, 0.6) is 0 Å². The number of piperidine rings is 1. The van der Waals surface area contributed by atoms with Gasteiger partial charge in [-0.3, -0.25) is 0 Å². The number of nitrogens with one attached hydrogen (secondary N) is 1. The van der Waals surface area contributed by atoms with Gasteiger partial charge in [-0.1, -0.05) is 0 Å². The first-order valence-corrected chi connectivity index (χ1v) is 5.70. The largest absolute Gasteiger partial charge is 0.329 e. The van der Waals surface area contributed by atoms with E-state index in [0.29, 0.717) is 12.6 Å². The fourth-order valence-corrected chi connectivity index (χ4v) is 2.70. The predicted octanol–water partition coefficient (Wildman–Crippen LogP) is 0.902. The second kappa shape index (κ2) is 4.37. The van der Waals surface area contributed by atoms with Crippen LogP contribution in [0.25, 0.3) is 0 Å². The Bertz CT molecular complexity index is 198. The second-order valence-corrected chi connectivity index (χ2v) is 5.77. The molecule has 1 radical (unpaired) electrons. The molecule has 1 fully saturated rings. The van der Waals surface area contributed by atoms with Crippen molar-refractivity contribution in [3.05, 3.63) is 0 Å². The van der Waals surface area contributed by atoms with Crippen molar-refractivity contribution in [2.24, 2.45) is 5.73 Å². The predicted molar refractivity (Wildman–Crippen MR) is 60.8 cm³/mol. The van der Waals surface area contributed by atoms with Crippen LogP contribution in [0.15, 0.2) is 0 Å². The molecule has 0 bridgehead atoms. The first-order chi connectivity index (χ1) is 6.79. The highest BCUT2D eigenvalue weighted by Crippen LogP contribution is 2.36. The molecule has 4 nitrogen and oxygen atoms in total. The van der Waals surface area contributed by atoms with Crippen molar-refractivity contribution >= 4 is 0 Å². The molecule has 0 unspecified atom stereocenters. The van der Waals surface area contributed by atoms with Gasteiger partial charge < -0.3 is 11.1 Å². The van der Waals surface area contributed by atoms with Crippen LogP contribution in [-0.4, -0.2) is 35.3 Å². The zero-order chi connectivity index (χ0) is 11.7. The topological polar surface area (TPSA) is 61.2 Å². The van der Waals surface area contributed by atoms with Gasteiger partial charge in [-0.25, -0.2) is 0 Å². The monoisotopic (exact) mass is 214 g/mol. The molecule has 0 spiro atoms. The summed E-state index contributed by atoms with van der Waals surface area (Å²) in [7, 11) is 0. The summed E-state index contributed by atoms with van der Waals surface area (Å²) < 4.78 is 0. The Morgan fingerprint density at radius 3 is 2.13 bits per heavy atom. The summed E-state index contributed by atoms with van der Waals surface area (Å²) in [6.07, 6.45) is 1.78. The molecule has 0 aromatic rings. The summed E-state index contributed by atoms with van der Waals surface area (Å²) in [5, 5.41) is 16.7. The first-order valence-electron chi connectivity index (χ1n) is 5.70. The van der Waals surface area contributed by atoms with Gasteiger partial charge in [0.25, 0.3) is 0 Å². The van der Waals surface area contributed by atoms with E-state index in [4.69, 9.17) is 5.73 Å². The van der Waals surface area contributed by atoms with Crippen molar-refractivity contribution in [3.63, 3.8) is 0 Å². The number of nitrogens with zero attached hydrogens (tertiary/aromatic N) is 1. The van der Waals surface area contributed by atoms with E-state index in [-0.39, 0.29) is 11.1 Å². The molecule has 89 valence electrons. The summed E-state index contributed by atoms with van der Waals surface area (Å²) in [6.45, 7) is 9.53. The highest BCUT2D eigenvalue weighted by molar-refractivity contribution is 4.98. The van der Waals surface area contributed by atoms with Crippen molar-refractivity contribution in [3.8, 4) is 0 Å². The molecule has 1 rings (SSSR count). The Balaban J connectivity index is 2.66. The van der Waals surface area contributed by atoms with Crippen LogP contribution < -0.4 is 11.1 Å². The molecular formula is C11H24N3O. The van der Waals surface area contributed by atoms with E-state index in [2.05, 4.69) is 5.32 Å². The van der Waals surface area contributed by atoms with Gasteiger partial charge in [0.05, 0.1) is 0 Å². The molecule has 15 heavy (non-hydrogen) atoms.